The van der Waals surface area contributed by atoms with Gasteiger partial charge in [0.25, 0.3) is 0 Å². The number of aryl methyl sites for hydroxylation is 2. The molecule has 0 spiro atoms. The van der Waals surface area contributed by atoms with E-state index >= 15 is 0 Å². The zero-order valence-electron chi connectivity index (χ0n) is 7.44. The summed E-state index contributed by atoms with van der Waals surface area (Å²) in [6.45, 7) is 1.98. The van der Waals surface area contributed by atoms with Crippen molar-refractivity contribution in [3.63, 3.8) is 0 Å². The second kappa shape index (κ2) is 2.84. The van der Waals surface area contributed by atoms with Crippen molar-refractivity contribution in [3.05, 3.63) is 34.2 Å². The third kappa shape index (κ3) is 1.18. The number of hydrogen-bond acceptors (Lipinski definition) is 0. The lowest BCUT2D eigenvalue weighted by Crippen LogP contribution is -1.86. The SMILES string of the molecule is Cc1c(Br)n(C)c2ccc(F)cc12. The minimum absolute atomic E-state index is 0.186. The van der Waals surface area contributed by atoms with Crippen molar-refractivity contribution in [1.29, 1.82) is 0 Å². The summed E-state index contributed by atoms with van der Waals surface area (Å²) in [6, 6.07) is 4.84. The molecule has 1 aromatic carbocycles. The van der Waals surface area contributed by atoms with E-state index in [2.05, 4.69) is 15.9 Å². The number of nitrogens with zero attached hydrogens (tertiary/aromatic N) is 1. The van der Waals surface area contributed by atoms with Gasteiger partial charge in [0.1, 0.15) is 5.82 Å². The molecule has 13 heavy (non-hydrogen) atoms. The van der Waals surface area contributed by atoms with Crippen molar-refractivity contribution in [2.45, 2.75) is 6.92 Å². The summed E-state index contributed by atoms with van der Waals surface area (Å²) in [5.41, 5.74) is 2.13. The lowest BCUT2D eigenvalue weighted by atomic mass is 10.2. The van der Waals surface area contributed by atoms with E-state index in [1.165, 1.54) is 6.07 Å². The van der Waals surface area contributed by atoms with Gasteiger partial charge in [0.05, 0.1) is 4.60 Å². The molecule has 1 nitrogen and oxygen atoms in total. The van der Waals surface area contributed by atoms with E-state index in [4.69, 9.17) is 0 Å². The number of rotatable bonds is 0. The van der Waals surface area contributed by atoms with Gasteiger partial charge >= 0.3 is 0 Å². The number of aromatic nitrogens is 1. The maximum atomic E-state index is 12.9. The summed E-state index contributed by atoms with van der Waals surface area (Å²) >= 11 is 3.46. The first-order chi connectivity index (χ1) is 6.11. The Bertz CT molecular complexity index is 473. The molecule has 0 unspecified atom stereocenters. The highest BCUT2D eigenvalue weighted by atomic mass is 79.9. The minimum atomic E-state index is -0.186. The molecule has 0 amide bonds. The van der Waals surface area contributed by atoms with Crippen LogP contribution in [0.25, 0.3) is 10.9 Å². The standard InChI is InChI=1S/C10H9BrFN/c1-6-8-5-7(12)3-4-9(8)13(2)10(6)11/h3-5H,1-2H3. The van der Waals surface area contributed by atoms with Crippen LogP contribution in [0.5, 0.6) is 0 Å². The topological polar surface area (TPSA) is 4.93 Å². The lowest BCUT2D eigenvalue weighted by molar-refractivity contribution is 0.629. The second-order valence-corrected chi connectivity index (χ2v) is 3.89. The Labute approximate surface area is 84.3 Å². The fourth-order valence-corrected chi connectivity index (χ4v) is 1.97. The Balaban J connectivity index is 2.95. The third-order valence-corrected chi connectivity index (χ3v) is 3.45. The largest absolute Gasteiger partial charge is 0.338 e. The molecule has 0 radical (unpaired) electrons. The molecule has 0 fully saturated rings. The minimum Gasteiger partial charge on any atom is -0.338 e. The Kier molecular flexibility index (Phi) is 1.91. The van der Waals surface area contributed by atoms with Gasteiger partial charge in [-0.05, 0) is 46.6 Å². The van der Waals surface area contributed by atoms with Crippen molar-refractivity contribution in [3.8, 4) is 0 Å². The van der Waals surface area contributed by atoms with E-state index in [1.54, 1.807) is 12.1 Å². The summed E-state index contributed by atoms with van der Waals surface area (Å²) in [6.07, 6.45) is 0. The van der Waals surface area contributed by atoms with E-state index < -0.39 is 0 Å². The molecular formula is C10H9BrFN. The van der Waals surface area contributed by atoms with Gasteiger partial charge in [-0.15, -0.1) is 0 Å². The number of halogens is 2. The van der Waals surface area contributed by atoms with Crippen molar-refractivity contribution in [1.82, 2.24) is 4.57 Å². The van der Waals surface area contributed by atoms with Crippen LogP contribution in [0.15, 0.2) is 22.8 Å². The van der Waals surface area contributed by atoms with Crippen molar-refractivity contribution in [2.24, 2.45) is 7.05 Å². The average Bonchev–Trinajstić information content (AvgIpc) is 2.32. The predicted molar refractivity (Wildman–Crippen MR) is 55.3 cm³/mol. The zero-order valence-corrected chi connectivity index (χ0v) is 9.02. The molecule has 0 saturated carbocycles. The predicted octanol–water partition coefficient (Wildman–Crippen LogP) is 3.39. The molecule has 0 N–H and O–H groups in total. The maximum Gasteiger partial charge on any atom is 0.123 e. The molecule has 1 heterocycles. The summed E-state index contributed by atoms with van der Waals surface area (Å²) in [7, 11) is 1.96. The summed E-state index contributed by atoms with van der Waals surface area (Å²) in [4.78, 5) is 0. The molecule has 0 bridgehead atoms. The number of fused-ring (bicyclic) bond motifs is 1. The number of benzene rings is 1. The average molecular weight is 242 g/mol. The van der Waals surface area contributed by atoms with Crippen LogP contribution in [0.1, 0.15) is 5.56 Å². The summed E-state index contributed by atoms with van der Waals surface area (Å²) in [5.74, 6) is -0.186. The normalized spacial score (nSPS) is 11.1. The quantitative estimate of drug-likeness (QED) is 0.667. The van der Waals surface area contributed by atoms with Gasteiger partial charge in [0.15, 0.2) is 0 Å². The molecule has 68 valence electrons. The lowest BCUT2D eigenvalue weighted by Gasteiger charge is -1.96. The molecule has 0 saturated heterocycles. The van der Waals surface area contributed by atoms with Gasteiger partial charge in [-0.25, -0.2) is 4.39 Å². The van der Waals surface area contributed by atoms with Crippen LogP contribution in [0.3, 0.4) is 0 Å². The van der Waals surface area contributed by atoms with Gasteiger partial charge in [0.2, 0.25) is 0 Å². The van der Waals surface area contributed by atoms with Crippen LogP contribution in [-0.2, 0) is 7.05 Å². The molecular weight excluding hydrogens is 233 g/mol. The van der Waals surface area contributed by atoms with E-state index in [0.717, 1.165) is 21.1 Å². The Hall–Kier alpha value is -0.830. The van der Waals surface area contributed by atoms with Crippen LogP contribution in [0, 0.1) is 12.7 Å². The van der Waals surface area contributed by atoms with Gasteiger partial charge in [-0.2, -0.15) is 0 Å². The van der Waals surface area contributed by atoms with Crippen molar-refractivity contribution >= 4 is 26.8 Å². The maximum absolute atomic E-state index is 12.9. The molecule has 0 aliphatic carbocycles. The molecule has 2 aromatic rings. The van der Waals surface area contributed by atoms with Crippen molar-refractivity contribution in [2.75, 3.05) is 0 Å². The van der Waals surface area contributed by atoms with E-state index in [-0.39, 0.29) is 5.82 Å². The van der Waals surface area contributed by atoms with Gasteiger partial charge < -0.3 is 4.57 Å². The molecule has 2 rings (SSSR count). The third-order valence-electron chi connectivity index (χ3n) is 2.33. The monoisotopic (exact) mass is 241 g/mol. The van der Waals surface area contributed by atoms with E-state index in [1.807, 2.05) is 18.5 Å². The Morgan fingerprint density at radius 2 is 2.08 bits per heavy atom. The van der Waals surface area contributed by atoms with Crippen LogP contribution in [0.2, 0.25) is 0 Å². The molecule has 3 heteroatoms. The first-order valence-corrected chi connectivity index (χ1v) is 4.80. The smallest absolute Gasteiger partial charge is 0.123 e. The van der Waals surface area contributed by atoms with Crippen LogP contribution < -0.4 is 0 Å². The highest BCUT2D eigenvalue weighted by Crippen LogP contribution is 2.28. The first-order valence-electron chi connectivity index (χ1n) is 4.01. The first kappa shape index (κ1) is 8.75. The van der Waals surface area contributed by atoms with Gasteiger partial charge in [-0.1, -0.05) is 0 Å². The van der Waals surface area contributed by atoms with Crippen LogP contribution in [-0.4, -0.2) is 4.57 Å². The van der Waals surface area contributed by atoms with Crippen LogP contribution in [0.4, 0.5) is 4.39 Å². The molecule has 1 aromatic heterocycles. The summed E-state index contributed by atoms with van der Waals surface area (Å²) < 4.78 is 15.9. The van der Waals surface area contributed by atoms with Crippen LogP contribution >= 0.6 is 15.9 Å². The Morgan fingerprint density at radius 3 is 2.77 bits per heavy atom. The summed E-state index contributed by atoms with van der Waals surface area (Å²) in [5, 5.41) is 0.967. The molecule has 0 aliphatic heterocycles. The molecule has 0 atom stereocenters. The fourth-order valence-electron chi connectivity index (χ4n) is 1.57. The second-order valence-electron chi connectivity index (χ2n) is 3.14. The van der Waals surface area contributed by atoms with Gasteiger partial charge in [-0.3, -0.25) is 0 Å². The highest BCUT2D eigenvalue weighted by Gasteiger charge is 2.09. The van der Waals surface area contributed by atoms with Gasteiger partial charge in [0, 0.05) is 18.0 Å². The molecule has 0 aliphatic rings. The fraction of sp³-hybridized carbons (Fsp3) is 0.200. The highest BCUT2D eigenvalue weighted by molar-refractivity contribution is 9.10. The Morgan fingerprint density at radius 1 is 1.38 bits per heavy atom. The number of hydrogen-bond donors (Lipinski definition) is 0. The zero-order chi connectivity index (χ0) is 9.59. The van der Waals surface area contributed by atoms with E-state index in [9.17, 15) is 4.39 Å². The van der Waals surface area contributed by atoms with E-state index in [0.29, 0.717) is 0 Å². The van der Waals surface area contributed by atoms with Crippen molar-refractivity contribution < 1.29 is 4.39 Å².